The number of fused-ring (bicyclic) bond motifs is 2. The number of thiophene rings is 1. The van der Waals surface area contributed by atoms with Gasteiger partial charge in [-0.3, -0.25) is 0 Å². The Morgan fingerprint density at radius 3 is 2.36 bits per heavy atom. The molecule has 0 amide bonds. The highest BCUT2D eigenvalue weighted by Gasteiger charge is 2.18. The van der Waals surface area contributed by atoms with Crippen LogP contribution in [-0.4, -0.2) is 44.0 Å². The lowest BCUT2D eigenvalue weighted by Gasteiger charge is -2.26. The molecule has 1 aliphatic heterocycles. The largest absolute Gasteiger partial charge is 0.545 e. The number of hydrogen-bond acceptors (Lipinski definition) is 7. The van der Waals surface area contributed by atoms with E-state index in [0.717, 1.165) is 19.5 Å². The molecule has 1 aromatic carbocycles. The normalized spacial score (nSPS) is 12.2. The SMILES string of the molecule is CN(C)CCCN1c2ccccc2C=Cc2sccc21.O=C([O-])/C=C/C(=O)[O-]. The maximum Gasteiger partial charge on any atom is 0.0643 e. The summed E-state index contributed by atoms with van der Waals surface area (Å²) in [5.41, 5.74) is 3.97. The number of anilines is 2. The van der Waals surface area contributed by atoms with Gasteiger partial charge in [0.05, 0.1) is 22.5 Å². The second-order valence-corrected chi connectivity index (χ2v) is 7.29. The zero-order valence-corrected chi connectivity index (χ0v) is 16.6. The molecule has 0 fully saturated rings. The fourth-order valence-electron chi connectivity index (χ4n) is 2.75. The molecule has 0 aliphatic carbocycles. The Morgan fingerprint density at radius 2 is 1.71 bits per heavy atom. The third-order valence-corrected chi connectivity index (χ3v) is 4.82. The first-order chi connectivity index (χ1) is 13.4. The van der Waals surface area contributed by atoms with E-state index in [0.29, 0.717) is 12.2 Å². The van der Waals surface area contributed by atoms with E-state index in [1.807, 2.05) is 11.3 Å². The van der Waals surface area contributed by atoms with E-state index < -0.39 is 11.9 Å². The van der Waals surface area contributed by atoms with Crippen molar-refractivity contribution in [2.24, 2.45) is 0 Å². The van der Waals surface area contributed by atoms with Gasteiger partial charge in [-0.2, -0.15) is 0 Å². The van der Waals surface area contributed by atoms with Crippen LogP contribution in [-0.2, 0) is 9.59 Å². The maximum atomic E-state index is 9.41. The van der Waals surface area contributed by atoms with Gasteiger partial charge in [0, 0.05) is 12.2 Å². The smallest absolute Gasteiger partial charge is 0.0643 e. The van der Waals surface area contributed by atoms with E-state index >= 15 is 0 Å². The Bertz CT molecular complexity index is 855. The number of nitrogens with zero attached hydrogens (tertiary/aromatic N) is 2. The lowest BCUT2D eigenvalue weighted by molar-refractivity contribution is -0.301. The molecule has 7 heteroatoms. The van der Waals surface area contributed by atoms with Crippen LogP contribution >= 0.6 is 11.3 Å². The molecule has 148 valence electrons. The third kappa shape index (κ3) is 6.37. The molecule has 28 heavy (non-hydrogen) atoms. The first-order valence-corrected chi connectivity index (χ1v) is 9.63. The zero-order chi connectivity index (χ0) is 20.5. The molecule has 0 N–H and O–H groups in total. The predicted octanol–water partition coefficient (Wildman–Crippen LogP) is 1.36. The molecule has 0 radical (unpaired) electrons. The summed E-state index contributed by atoms with van der Waals surface area (Å²) in [6, 6.07) is 10.9. The average Bonchev–Trinajstić information content (AvgIpc) is 3.05. The number of aliphatic carboxylic acids is 2. The molecule has 0 bridgehead atoms. The molecule has 0 saturated carbocycles. The van der Waals surface area contributed by atoms with Crippen molar-refractivity contribution in [1.29, 1.82) is 0 Å². The summed E-state index contributed by atoms with van der Waals surface area (Å²) < 4.78 is 0. The first-order valence-electron chi connectivity index (χ1n) is 8.75. The summed E-state index contributed by atoms with van der Waals surface area (Å²) in [7, 11) is 4.27. The summed E-state index contributed by atoms with van der Waals surface area (Å²) in [5, 5.41) is 21.0. The van der Waals surface area contributed by atoms with Gasteiger partial charge in [0.2, 0.25) is 0 Å². The number of carbonyl (C=O) groups is 2. The van der Waals surface area contributed by atoms with Crippen molar-refractivity contribution in [1.82, 2.24) is 4.90 Å². The lowest BCUT2D eigenvalue weighted by Crippen LogP contribution is -2.23. The molecule has 0 spiro atoms. The molecule has 3 rings (SSSR count). The summed E-state index contributed by atoms with van der Waals surface area (Å²) in [5.74, 6) is -3.09. The minimum atomic E-state index is -1.55. The van der Waals surface area contributed by atoms with Gasteiger partial charge >= 0.3 is 0 Å². The number of carboxylic acids is 2. The third-order valence-electron chi connectivity index (χ3n) is 3.95. The summed E-state index contributed by atoms with van der Waals surface area (Å²) in [6.07, 6.45) is 6.41. The number of carboxylic acid groups (broad SMARTS) is 2. The molecule has 1 aliphatic rings. The van der Waals surface area contributed by atoms with Gasteiger partial charge in [-0.25, -0.2) is 0 Å². The van der Waals surface area contributed by atoms with Crippen LogP contribution in [0.5, 0.6) is 0 Å². The van der Waals surface area contributed by atoms with Crippen molar-refractivity contribution in [2.45, 2.75) is 6.42 Å². The van der Waals surface area contributed by atoms with Gasteiger partial charge in [-0.1, -0.05) is 24.3 Å². The fraction of sp³-hybridized carbons (Fsp3) is 0.238. The minimum Gasteiger partial charge on any atom is -0.545 e. The monoisotopic (exact) mass is 398 g/mol. The van der Waals surface area contributed by atoms with Gasteiger partial charge in [-0.05, 0) is 68.4 Å². The van der Waals surface area contributed by atoms with Crippen LogP contribution in [0.15, 0.2) is 47.9 Å². The van der Waals surface area contributed by atoms with Gasteiger partial charge < -0.3 is 29.6 Å². The van der Waals surface area contributed by atoms with Gasteiger partial charge in [0.15, 0.2) is 0 Å². The molecule has 0 atom stereocenters. The molecule has 2 aromatic rings. The molecular weight excluding hydrogens is 376 g/mol. The van der Waals surface area contributed by atoms with E-state index in [2.05, 4.69) is 71.8 Å². The number of benzene rings is 1. The van der Waals surface area contributed by atoms with Crippen LogP contribution in [0.3, 0.4) is 0 Å². The molecular formula is C21H22N2O4S-2. The van der Waals surface area contributed by atoms with Gasteiger partial charge in [0.25, 0.3) is 0 Å². The molecule has 0 saturated heterocycles. The maximum absolute atomic E-state index is 9.41. The Labute approximate surface area is 168 Å². The highest BCUT2D eigenvalue weighted by Crippen LogP contribution is 2.38. The zero-order valence-electron chi connectivity index (χ0n) is 15.8. The van der Waals surface area contributed by atoms with Gasteiger partial charge in [0.1, 0.15) is 0 Å². The van der Waals surface area contributed by atoms with Crippen LogP contribution in [0.2, 0.25) is 0 Å². The van der Waals surface area contributed by atoms with Crippen LogP contribution in [0.25, 0.3) is 12.2 Å². The lowest BCUT2D eigenvalue weighted by atomic mass is 10.1. The average molecular weight is 398 g/mol. The van der Waals surface area contributed by atoms with Crippen molar-refractivity contribution in [2.75, 3.05) is 32.1 Å². The van der Waals surface area contributed by atoms with E-state index in [4.69, 9.17) is 0 Å². The van der Waals surface area contributed by atoms with Crippen molar-refractivity contribution in [3.8, 4) is 0 Å². The van der Waals surface area contributed by atoms with Crippen LogP contribution in [0.1, 0.15) is 16.9 Å². The Morgan fingerprint density at radius 1 is 1.04 bits per heavy atom. The highest BCUT2D eigenvalue weighted by molar-refractivity contribution is 7.11. The van der Waals surface area contributed by atoms with E-state index in [1.54, 1.807) is 0 Å². The second-order valence-electron chi connectivity index (χ2n) is 6.34. The van der Waals surface area contributed by atoms with Crippen molar-refractivity contribution < 1.29 is 19.8 Å². The summed E-state index contributed by atoms with van der Waals surface area (Å²) in [4.78, 5) is 24.9. The first kappa shape index (κ1) is 21.4. The van der Waals surface area contributed by atoms with Crippen molar-refractivity contribution in [3.05, 3.63) is 58.3 Å². The molecule has 2 heterocycles. The Kier molecular flexibility index (Phi) is 7.98. The Balaban J connectivity index is 0.000000300. The number of rotatable bonds is 6. The van der Waals surface area contributed by atoms with Crippen LogP contribution in [0, 0.1) is 0 Å². The number of carbonyl (C=O) groups excluding carboxylic acids is 2. The fourth-order valence-corrected chi connectivity index (χ4v) is 3.54. The standard InChI is InChI=1S/C17H20N2S.C4H4O4/c1-18(2)11-5-12-19-15-7-4-3-6-14(15)8-9-17-16(19)10-13-20-17;5-3(6)1-2-4(7)8/h3-4,6-10,13H,5,11-12H2,1-2H3;1-2H,(H,5,6)(H,7,8)/p-2/b;2-1+. The summed E-state index contributed by atoms with van der Waals surface area (Å²) in [6.45, 7) is 2.17. The van der Waals surface area contributed by atoms with Crippen LogP contribution in [0.4, 0.5) is 11.4 Å². The topological polar surface area (TPSA) is 86.7 Å². The van der Waals surface area contributed by atoms with Crippen molar-refractivity contribution in [3.63, 3.8) is 0 Å². The minimum absolute atomic E-state index is 0.384. The number of para-hydroxylation sites is 1. The highest BCUT2D eigenvalue weighted by atomic mass is 32.1. The number of hydrogen-bond donors (Lipinski definition) is 0. The molecule has 0 unspecified atom stereocenters. The Hall–Kier alpha value is -2.90. The second kappa shape index (κ2) is 10.4. The van der Waals surface area contributed by atoms with E-state index in [-0.39, 0.29) is 0 Å². The molecule has 6 nitrogen and oxygen atoms in total. The van der Waals surface area contributed by atoms with Crippen molar-refractivity contribution >= 4 is 46.8 Å². The van der Waals surface area contributed by atoms with E-state index in [1.165, 1.54) is 21.8 Å². The van der Waals surface area contributed by atoms with E-state index in [9.17, 15) is 19.8 Å². The summed E-state index contributed by atoms with van der Waals surface area (Å²) >= 11 is 1.81. The van der Waals surface area contributed by atoms with Crippen LogP contribution < -0.4 is 15.1 Å². The van der Waals surface area contributed by atoms with Gasteiger partial charge in [-0.15, -0.1) is 11.3 Å². The predicted molar refractivity (Wildman–Crippen MR) is 109 cm³/mol. The molecule has 1 aromatic heterocycles. The quantitative estimate of drug-likeness (QED) is 0.683.